The van der Waals surface area contributed by atoms with Crippen LogP contribution in [0.2, 0.25) is 13.1 Å². The van der Waals surface area contributed by atoms with Crippen LogP contribution in [0, 0.1) is 10.8 Å². The molecular formula is C34H41NO5Si. The van der Waals surface area contributed by atoms with Crippen LogP contribution in [0.1, 0.15) is 43.1 Å². The van der Waals surface area contributed by atoms with Gasteiger partial charge in [-0.2, -0.15) is 0 Å². The predicted octanol–water partition coefficient (Wildman–Crippen LogP) is 7.04. The van der Waals surface area contributed by atoms with E-state index in [-0.39, 0.29) is 29.9 Å². The van der Waals surface area contributed by atoms with E-state index in [0.29, 0.717) is 18.4 Å². The zero-order valence-electron chi connectivity index (χ0n) is 24.9. The Labute approximate surface area is 244 Å². The number of nitrogens with one attached hydrogen (secondary N) is 1. The molecular weight excluding hydrogens is 530 g/mol. The molecule has 0 fully saturated rings. The van der Waals surface area contributed by atoms with Gasteiger partial charge in [0.1, 0.15) is 11.3 Å². The lowest BCUT2D eigenvalue weighted by atomic mass is 9.71. The zero-order chi connectivity index (χ0) is 29.6. The van der Waals surface area contributed by atoms with Gasteiger partial charge in [-0.05, 0) is 61.2 Å². The van der Waals surface area contributed by atoms with E-state index in [9.17, 15) is 9.59 Å². The molecule has 0 aliphatic rings. The van der Waals surface area contributed by atoms with Crippen molar-refractivity contribution in [3.05, 3.63) is 96.1 Å². The summed E-state index contributed by atoms with van der Waals surface area (Å²) in [6, 6.07) is 26.9. The van der Waals surface area contributed by atoms with Crippen LogP contribution in [0.4, 0.5) is 0 Å². The van der Waals surface area contributed by atoms with Crippen LogP contribution < -0.4 is 5.32 Å². The quantitative estimate of drug-likeness (QED) is 0.154. The highest BCUT2D eigenvalue weighted by Crippen LogP contribution is 2.37. The van der Waals surface area contributed by atoms with Gasteiger partial charge in [0.25, 0.3) is 5.91 Å². The Kier molecular flexibility index (Phi) is 9.51. The molecule has 7 heteroatoms. The van der Waals surface area contributed by atoms with E-state index < -0.39 is 14.5 Å². The molecule has 2 atom stereocenters. The second-order valence-electron chi connectivity index (χ2n) is 12.1. The molecule has 0 aliphatic heterocycles. The lowest BCUT2D eigenvalue weighted by Crippen LogP contribution is -2.51. The van der Waals surface area contributed by atoms with Crippen molar-refractivity contribution in [3.8, 4) is 11.3 Å². The number of methoxy groups -OCH3 is 1. The minimum Gasteiger partial charge on any atom is -0.469 e. The van der Waals surface area contributed by atoms with E-state index in [1.807, 2.05) is 84.9 Å². The highest BCUT2D eigenvalue weighted by molar-refractivity contribution is 6.48. The summed E-state index contributed by atoms with van der Waals surface area (Å²) < 4.78 is 17.6. The highest BCUT2D eigenvalue weighted by Gasteiger charge is 2.45. The van der Waals surface area contributed by atoms with Crippen LogP contribution in [-0.4, -0.2) is 40.7 Å². The van der Waals surface area contributed by atoms with E-state index >= 15 is 0 Å². The third kappa shape index (κ3) is 7.54. The van der Waals surface area contributed by atoms with E-state index in [0.717, 1.165) is 27.9 Å². The average Bonchev–Trinajstić information content (AvgIpc) is 3.39. The third-order valence-electron chi connectivity index (χ3n) is 7.50. The van der Waals surface area contributed by atoms with Gasteiger partial charge in [-0.3, -0.25) is 9.59 Å². The number of fused-ring (bicyclic) bond motifs is 1. The van der Waals surface area contributed by atoms with E-state index in [2.05, 4.69) is 39.2 Å². The Morgan fingerprint density at radius 2 is 1.59 bits per heavy atom. The van der Waals surface area contributed by atoms with Crippen molar-refractivity contribution >= 4 is 31.9 Å². The largest absolute Gasteiger partial charge is 0.469 e. The van der Waals surface area contributed by atoms with Crippen LogP contribution in [0.15, 0.2) is 89.3 Å². The molecule has 6 nitrogen and oxygen atoms in total. The van der Waals surface area contributed by atoms with Gasteiger partial charge < -0.3 is 18.9 Å². The number of furan rings is 1. The molecule has 4 aromatic rings. The van der Waals surface area contributed by atoms with Gasteiger partial charge in [-0.15, -0.1) is 0 Å². The minimum atomic E-state index is -1.44. The number of hydrogen-bond donors (Lipinski definition) is 1. The van der Waals surface area contributed by atoms with Crippen molar-refractivity contribution in [2.24, 2.45) is 10.8 Å². The summed E-state index contributed by atoms with van der Waals surface area (Å²) in [5, 5.41) is 4.28. The van der Waals surface area contributed by atoms with Gasteiger partial charge in [0, 0.05) is 22.6 Å². The fraction of sp³-hybridized carbons (Fsp3) is 0.353. The fourth-order valence-corrected chi connectivity index (χ4v) is 5.69. The standard InChI is InChI=1S/C34H41NO5Si/c1-33(2,3)30(22-34(32(37)38-4,23-39-41(5)6)21-24-12-8-7-9-13-24)35-31(36)26-18-16-25(17-19-26)29-20-27-14-10-11-15-28(27)40-29/h7-20,30,41H,21-23H2,1-6H3,(H,35,36)/t30-,34-/m0/s1. The Bertz CT molecular complexity index is 1420. The lowest BCUT2D eigenvalue weighted by molar-refractivity contribution is -0.156. The maximum absolute atomic E-state index is 13.6. The fourth-order valence-electron chi connectivity index (χ4n) is 5.04. The van der Waals surface area contributed by atoms with Crippen molar-refractivity contribution in [2.75, 3.05) is 13.7 Å². The first-order valence-corrected chi connectivity index (χ1v) is 16.9. The second kappa shape index (κ2) is 12.9. The number of para-hydroxylation sites is 1. The second-order valence-corrected chi connectivity index (χ2v) is 14.5. The topological polar surface area (TPSA) is 77.8 Å². The summed E-state index contributed by atoms with van der Waals surface area (Å²) in [7, 11) is -0.0198. The van der Waals surface area contributed by atoms with Gasteiger partial charge in [-0.25, -0.2) is 0 Å². The van der Waals surface area contributed by atoms with Crippen molar-refractivity contribution in [1.82, 2.24) is 5.32 Å². The third-order valence-corrected chi connectivity index (χ3v) is 8.33. The van der Waals surface area contributed by atoms with Crippen molar-refractivity contribution in [3.63, 3.8) is 0 Å². The maximum Gasteiger partial charge on any atom is 0.314 e. The van der Waals surface area contributed by atoms with Gasteiger partial charge in [0.2, 0.25) is 0 Å². The lowest BCUT2D eigenvalue weighted by Gasteiger charge is -2.40. The van der Waals surface area contributed by atoms with E-state index in [1.54, 1.807) is 0 Å². The monoisotopic (exact) mass is 571 g/mol. The first-order chi connectivity index (χ1) is 19.5. The summed E-state index contributed by atoms with van der Waals surface area (Å²) in [5.74, 6) is 0.233. The molecule has 3 aromatic carbocycles. The number of rotatable bonds is 11. The van der Waals surface area contributed by atoms with Crippen molar-refractivity contribution < 1.29 is 23.2 Å². The molecule has 0 spiro atoms. The number of ether oxygens (including phenoxy) is 1. The summed E-state index contributed by atoms with van der Waals surface area (Å²) >= 11 is 0. The smallest absolute Gasteiger partial charge is 0.314 e. The molecule has 1 aromatic heterocycles. The molecule has 0 radical (unpaired) electrons. The first kappa shape index (κ1) is 30.3. The molecule has 0 saturated carbocycles. The number of benzene rings is 3. The summed E-state index contributed by atoms with van der Waals surface area (Å²) in [6.45, 7) is 10.6. The molecule has 0 unspecified atom stereocenters. The molecule has 1 heterocycles. The minimum absolute atomic E-state index is 0.196. The Balaban J connectivity index is 1.59. The number of carbonyl (C=O) groups excluding carboxylic acids is 2. The zero-order valence-corrected chi connectivity index (χ0v) is 26.1. The molecule has 0 aliphatic carbocycles. The number of amides is 1. The summed E-state index contributed by atoms with van der Waals surface area (Å²) in [5.41, 5.74) is 1.99. The molecule has 41 heavy (non-hydrogen) atoms. The molecule has 0 saturated heterocycles. The summed E-state index contributed by atoms with van der Waals surface area (Å²) in [6.07, 6.45) is 0.832. The molecule has 1 amide bonds. The molecule has 216 valence electrons. The Hall–Kier alpha value is -3.68. The van der Waals surface area contributed by atoms with Crippen LogP contribution in [0.3, 0.4) is 0 Å². The number of carbonyl (C=O) groups is 2. The normalized spacial score (nSPS) is 14.0. The average molecular weight is 572 g/mol. The molecule has 4 rings (SSSR count). The van der Waals surface area contributed by atoms with Crippen LogP contribution in [0.5, 0.6) is 0 Å². The molecule has 0 bridgehead atoms. The number of esters is 1. The Morgan fingerprint density at radius 1 is 0.927 bits per heavy atom. The van der Waals surface area contributed by atoms with Gasteiger partial charge in [0.05, 0.1) is 19.1 Å². The van der Waals surface area contributed by atoms with Gasteiger partial charge in [-0.1, -0.05) is 81.4 Å². The summed E-state index contributed by atoms with van der Waals surface area (Å²) in [4.78, 5) is 27.1. The molecule has 1 N–H and O–H groups in total. The van der Waals surface area contributed by atoms with Crippen LogP contribution in [-0.2, 0) is 20.4 Å². The first-order valence-electron chi connectivity index (χ1n) is 14.1. The van der Waals surface area contributed by atoms with Crippen LogP contribution >= 0.6 is 0 Å². The SMILES string of the molecule is COC(=O)[C@@](CO[SiH](C)C)(Cc1ccccc1)C[C@H](NC(=O)c1ccc(-c2cc3ccccc3o2)cc1)C(C)(C)C. The van der Waals surface area contributed by atoms with E-state index in [1.165, 1.54) is 7.11 Å². The van der Waals surface area contributed by atoms with Crippen molar-refractivity contribution in [2.45, 2.75) is 52.7 Å². The van der Waals surface area contributed by atoms with Gasteiger partial charge in [0.15, 0.2) is 9.04 Å². The van der Waals surface area contributed by atoms with Crippen LogP contribution in [0.25, 0.3) is 22.3 Å². The van der Waals surface area contributed by atoms with Crippen molar-refractivity contribution in [1.29, 1.82) is 0 Å². The number of hydrogen-bond acceptors (Lipinski definition) is 5. The van der Waals surface area contributed by atoms with Gasteiger partial charge >= 0.3 is 5.97 Å². The maximum atomic E-state index is 13.6. The van der Waals surface area contributed by atoms with E-state index in [4.69, 9.17) is 13.6 Å². The predicted molar refractivity (Wildman–Crippen MR) is 166 cm³/mol. The Morgan fingerprint density at radius 3 is 2.20 bits per heavy atom. The highest BCUT2D eigenvalue weighted by atomic mass is 28.3.